The molecular formula is C57H39N3. The highest BCUT2D eigenvalue weighted by atomic mass is 15.0. The van der Waals surface area contributed by atoms with Gasteiger partial charge in [0.05, 0.1) is 22.4 Å². The summed E-state index contributed by atoms with van der Waals surface area (Å²) < 4.78 is 2.37. The van der Waals surface area contributed by atoms with Gasteiger partial charge >= 0.3 is 0 Å². The fourth-order valence-electron chi connectivity index (χ4n) is 9.73. The highest BCUT2D eigenvalue weighted by Crippen LogP contribution is 2.53. The van der Waals surface area contributed by atoms with E-state index in [1.165, 1.54) is 82.4 Å². The molecule has 1 aliphatic rings. The Bertz CT molecular complexity index is 3500. The van der Waals surface area contributed by atoms with E-state index in [0.717, 1.165) is 33.9 Å². The van der Waals surface area contributed by atoms with Crippen molar-refractivity contribution in [3.05, 3.63) is 211 Å². The van der Waals surface area contributed by atoms with Gasteiger partial charge in [0, 0.05) is 38.6 Å². The van der Waals surface area contributed by atoms with Crippen LogP contribution in [0.4, 0.5) is 0 Å². The van der Waals surface area contributed by atoms with E-state index in [4.69, 9.17) is 9.97 Å². The number of fused-ring (bicyclic) bond motifs is 8. The standard InChI is InChI=1S/C57H39N3/c1-57(2)49-22-13-21-46(55(49)48-33-37-16-9-10-17-38(37)34-50(48)57)52-35-51(58-56(59-52)36-14-5-3-6-15-36)43-27-26-39-30-40(24-25-41(39)31-43)42-28-29-54-47(32-42)45-20-11-12-23-53(45)60(54)44-18-7-4-8-19-44/h3-35H,1-2H3. The van der Waals surface area contributed by atoms with Crippen LogP contribution in [0.5, 0.6) is 0 Å². The Morgan fingerprint density at radius 2 is 1.00 bits per heavy atom. The molecule has 1 aliphatic carbocycles. The molecule has 2 aromatic heterocycles. The first kappa shape index (κ1) is 34.4. The van der Waals surface area contributed by atoms with Crippen LogP contribution < -0.4 is 0 Å². The minimum Gasteiger partial charge on any atom is -0.309 e. The molecule has 0 spiro atoms. The van der Waals surface area contributed by atoms with Crippen LogP contribution in [0, 0.1) is 0 Å². The van der Waals surface area contributed by atoms with Crippen molar-refractivity contribution >= 4 is 43.4 Å². The zero-order chi connectivity index (χ0) is 40.0. The van der Waals surface area contributed by atoms with Gasteiger partial charge in [-0.25, -0.2) is 9.97 Å². The number of para-hydroxylation sites is 2. The van der Waals surface area contributed by atoms with Crippen LogP contribution in [-0.2, 0) is 5.41 Å². The highest BCUT2D eigenvalue weighted by Gasteiger charge is 2.37. The Balaban J connectivity index is 0.972. The summed E-state index contributed by atoms with van der Waals surface area (Å²) >= 11 is 0. The Hall–Kier alpha value is -7.62. The molecule has 2 heterocycles. The lowest BCUT2D eigenvalue weighted by atomic mass is 9.81. The molecule has 3 heteroatoms. The first-order valence-corrected chi connectivity index (χ1v) is 20.7. The van der Waals surface area contributed by atoms with E-state index in [9.17, 15) is 0 Å². The average molecular weight is 766 g/mol. The Morgan fingerprint density at radius 3 is 1.82 bits per heavy atom. The van der Waals surface area contributed by atoms with Gasteiger partial charge in [0.1, 0.15) is 0 Å². The highest BCUT2D eigenvalue weighted by molar-refractivity contribution is 6.10. The van der Waals surface area contributed by atoms with Crippen LogP contribution in [-0.4, -0.2) is 14.5 Å². The molecule has 0 fully saturated rings. The van der Waals surface area contributed by atoms with Crippen LogP contribution >= 0.6 is 0 Å². The van der Waals surface area contributed by atoms with Gasteiger partial charge in [-0.05, 0) is 116 Å². The van der Waals surface area contributed by atoms with Gasteiger partial charge < -0.3 is 4.57 Å². The molecular weight excluding hydrogens is 727 g/mol. The summed E-state index contributed by atoms with van der Waals surface area (Å²) in [6.45, 7) is 4.70. The molecule has 0 aliphatic heterocycles. The SMILES string of the molecule is CC1(C)c2cc3ccccc3cc2-c2c(-c3cc(-c4ccc5cc(-c6ccc7c(c6)c6ccccc6n7-c6ccccc6)ccc5c4)nc(-c4ccccc4)n3)cccc21. The lowest BCUT2D eigenvalue weighted by Gasteiger charge is -2.22. The summed E-state index contributed by atoms with van der Waals surface area (Å²) in [6, 6.07) is 72.5. The number of hydrogen-bond acceptors (Lipinski definition) is 2. The predicted molar refractivity (Wildman–Crippen MR) is 251 cm³/mol. The lowest BCUT2D eigenvalue weighted by Crippen LogP contribution is -2.14. The molecule has 3 nitrogen and oxygen atoms in total. The van der Waals surface area contributed by atoms with Gasteiger partial charge in [-0.3, -0.25) is 0 Å². The summed E-state index contributed by atoms with van der Waals surface area (Å²) in [5.41, 5.74) is 16.1. The van der Waals surface area contributed by atoms with Crippen molar-refractivity contribution in [2.45, 2.75) is 19.3 Å². The maximum atomic E-state index is 5.31. The van der Waals surface area contributed by atoms with Crippen molar-refractivity contribution in [2.24, 2.45) is 0 Å². The van der Waals surface area contributed by atoms with Crippen molar-refractivity contribution in [3.63, 3.8) is 0 Å². The zero-order valence-electron chi connectivity index (χ0n) is 33.4. The Labute approximate surface area is 348 Å². The molecule has 0 radical (unpaired) electrons. The first-order chi connectivity index (χ1) is 29.5. The number of benzene rings is 9. The molecule has 0 saturated heterocycles. The quantitative estimate of drug-likeness (QED) is 0.175. The molecule has 0 N–H and O–H groups in total. The predicted octanol–water partition coefficient (Wildman–Crippen LogP) is 14.9. The monoisotopic (exact) mass is 765 g/mol. The summed E-state index contributed by atoms with van der Waals surface area (Å²) in [4.78, 5) is 10.6. The minimum atomic E-state index is -0.146. The molecule has 282 valence electrons. The van der Waals surface area contributed by atoms with Crippen molar-refractivity contribution in [1.29, 1.82) is 0 Å². The third kappa shape index (κ3) is 5.36. The molecule has 0 bridgehead atoms. The van der Waals surface area contributed by atoms with E-state index in [2.05, 4.69) is 213 Å². The van der Waals surface area contributed by atoms with Gasteiger partial charge in [0.25, 0.3) is 0 Å². The first-order valence-electron chi connectivity index (χ1n) is 20.7. The van der Waals surface area contributed by atoms with Gasteiger partial charge in [0.2, 0.25) is 0 Å². The Kier molecular flexibility index (Phi) is 7.58. The summed E-state index contributed by atoms with van der Waals surface area (Å²) in [5.74, 6) is 0.719. The largest absolute Gasteiger partial charge is 0.309 e. The second-order valence-electron chi connectivity index (χ2n) is 16.6. The van der Waals surface area contributed by atoms with Gasteiger partial charge in [-0.15, -0.1) is 0 Å². The van der Waals surface area contributed by atoms with Gasteiger partial charge in [-0.2, -0.15) is 0 Å². The molecule has 0 unspecified atom stereocenters. The minimum absolute atomic E-state index is 0.146. The van der Waals surface area contributed by atoms with Crippen LogP contribution in [0.1, 0.15) is 25.0 Å². The lowest BCUT2D eigenvalue weighted by molar-refractivity contribution is 0.661. The molecule has 60 heavy (non-hydrogen) atoms. The van der Waals surface area contributed by atoms with E-state index in [-0.39, 0.29) is 5.41 Å². The summed E-state index contributed by atoms with van der Waals surface area (Å²) in [5, 5.41) is 7.38. The van der Waals surface area contributed by atoms with Crippen molar-refractivity contribution < 1.29 is 0 Å². The van der Waals surface area contributed by atoms with Gasteiger partial charge in [-0.1, -0.05) is 153 Å². The van der Waals surface area contributed by atoms with Gasteiger partial charge in [0.15, 0.2) is 5.82 Å². The van der Waals surface area contributed by atoms with Crippen molar-refractivity contribution in [3.8, 4) is 61.8 Å². The maximum Gasteiger partial charge on any atom is 0.160 e. The second-order valence-corrected chi connectivity index (χ2v) is 16.6. The molecule has 9 aromatic carbocycles. The third-order valence-corrected chi connectivity index (χ3v) is 12.8. The van der Waals surface area contributed by atoms with E-state index in [1.807, 2.05) is 6.07 Å². The van der Waals surface area contributed by atoms with Crippen molar-refractivity contribution in [1.82, 2.24) is 14.5 Å². The van der Waals surface area contributed by atoms with Crippen LogP contribution in [0.25, 0.3) is 105 Å². The third-order valence-electron chi connectivity index (χ3n) is 12.8. The normalized spacial score (nSPS) is 13.0. The zero-order valence-corrected chi connectivity index (χ0v) is 33.4. The number of hydrogen-bond donors (Lipinski definition) is 0. The fourth-order valence-corrected chi connectivity index (χ4v) is 9.73. The maximum absolute atomic E-state index is 5.31. The fraction of sp³-hybridized carbons (Fsp3) is 0.0526. The molecule has 0 atom stereocenters. The van der Waals surface area contributed by atoms with E-state index in [1.54, 1.807) is 0 Å². The summed E-state index contributed by atoms with van der Waals surface area (Å²) in [7, 11) is 0. The average Bonchev–Trinajstić information content (AvgIpc) is 3.75. The Morgan fingerprint density at radius 1 is 0.383 bits per heavy atom. The van der Waals surface area contributed by atoms with E-state index >= 15 is 0 Å². The number of nitrogens with zero attached hydrogens (tertiary/aromatic N) is 3. The molecule has 11 aromatic rings. The summed E-state index contributed by atoms with van der Waals surface area (Å²) in [6.07, 6.45) is 0. The van der Waals surface area contributed by atoms with E-state index in [0.29, 0.717) is 0 Å². The molecule has 12 rings (SSSR count). The van der Waals surface area contributed by atoms with Crippen molar-refractivity contribution in [2.75, 3.05) is 0 Å². The smallest absolute Gasteiger partial charge is 0.160 e. The van der Waals surface area contributed by atoms with Crippen LogP contribution in [0.3, 0.4) is 0 Å². The van der Waals surface area contributed by atoms with Crippen LogP contribution in [0.15, 0.2) is 200 Å². The number of rotatable bonds is 5. The van der Waals surface area contributed by atoms with Crippen LogP contribution in [0.2, 0.25) is 0 Å². The van der Waals surface area contributed by atoms with E-state index < -0.39 is 0 Å². The second kappa shape index (κ2) is 13.2. The molecule has 0 amide bonds. The topological polar surface area (TPSA) is 30.7 Å². The number of aromatic nitrogens is 3. The molecule has 0 saturated carbocycles.